The van der Waals surface area contributed by atoms with Gasteiger partial charge in [-0.2, -0.15) is 0 Å². The Morgan fingerprint density at radius 3 is 3.27 bits per heavy atom. The Kier molecular flexibility index (Phi) is 2.28. The second-order valence-corrected chi connectivity index (χ2v) is 1.75. The number of hydrogen-bond acceptors (Lipinski definition) is 3. The lowest BCUT2D eigenvalue weighted by molar-refractivity contribution is 0.0550. The third-order valence-corrected chi connectivity index (χ3v) is 1.00. The van der Waals surface area contributed by atoms with Gasteiger partial charge >= 0.3 is 5.97 Å². The zero-order valence-electron chi connectivity index (χ0n) is 5.70. The van der Waals surface area contributed by atoms with Gasteiger partial charge in [0.25, 0.3) is 0 Å². The summed E-state index contributed by atoms with van der Waals surface area (Å²) in [6, 6.07) is 0. The zero-order valence-corrected chi connectivity index (χ0v) is 5.70. The van der Waals surface area contributed by atoms with Gasteiger partial charge in [0, 0.05) is 0 Å². The molecule has 0 saturated heterocycles. The van der Waals surface area contributed by atoms with Gasteiger partial charge in [-0.3, -0.25) is 0 Å². The van der Waals surface area contributed by atoms with Crippen molar-refractivity contribution >= 4 is 5.97 Å². The molecular weight excluding hydrogens is 144 g/mol. The SMILES string of the molecule is C#CCOC(=O)c1cnc[nH]1. The number of carbonyl (C=O) groups excluding carboxylic acids is 1. The van der Waals surface area contributed by atoms with Gasteiger partial charge in [-0.25, -0.2) is 9.78 Å². The first kappa shape index (κ1) is 7.35. The normalized spacial score (nSPS) is 8.64. The fourth-order valence-corrected chi connectivity index (χ4v) is 0.552. The summed E-state index contributed by atoms with van der Waals surface area (Å²) in [7, 11) is 0. The van der Waals surface area contributed by atoms with E-state index in [0.29, 0.717) is 5.69 Å². The van der Waals surface area contributed by atoms with Gasteiger partial charge in [0.05, 0.1) is 12.5 Å². The quantitative estimate of drug-likeness (QED) is 0.484. The minimum atomic E-state index is -0.486. The average Bonchev–Trinajstić information content (AvgIpc) is 2.52. The molecule has 0 saturated carbocycles. The number of terminal acetylenes is 1. The third-order valence-electron chi connectivity index (χ3n) is 1.00. The van der Waals surface area contributed by atoms with E-state index in [0.717, 1.165) is 0 Å². The molecule has 1 N–H and O–H groups in total. The number of aromatic nitrogens is 2. The van der Waals surface area contributed by atoms with E-state index in [4.69, 9.17) is 6.42 Å². The van der Waals surface area contributed by atoms with Gasteiger partial charge < -0.3 is 9.72 Å². The van der Waals surface area contributed by atoms with Gasteiger partial charge in [0.1, 0.15) is 5.69 Å². The number of esters is 1. The molecule has 0 aliphatic heterocycles. The van der Waals surface area contributed by atoms with Gasteiger partial charge in [0.2, 0.25) is 0 Å². The zero-order chi connectivity index (χ0) is 8.10. The molecule has 0 bridgehead atoms. The maximum Gasteiger partial charge on any atom is 0.357 e. The molecule has 0 fully saturated rings. The topological polar surface area (TPSA) is 55.0 Å². The first-order valence-corrected chi connectivity index (χ1v) is 2.93. The van der Waals surface area contributed by atoms with Crippen molar-refractivity contribution in [1.82, 2.24) is 9.97 Å². The third kappa shape index (κ3) is 1.83. The number of ether oxygens (including phenoxy) is 1. The van der Waals surface area contributed by atoms with Crippen LogP contribution in [0, 0.1) is 12.3 Å². The van der Waals surface area contributed by atoms with Crippen molar-refractivity contribution in [2.45, 2.75) is 0 Å². The Bertz CT molecular complexity index is 271. The fraction of sp³-hybridized carbons (Fsp3) is 0.143. The van der Waals surface area contributed by atoms with Crippen molar-refractivity contribution < 1.29 is 9.53 Å². The fourth-order valence-electron chi connectivity index (χ4n) is 0.552. The van der Waals surface area contributed by atoms with Crippen molar-refractivity contribution in [2.24, 2.45) is 0 Å². The molecule has 56 valence electrons. The smallest absolute Gasteiger partial charge is 0.357 e. The molecule has 4 nitrogen and oxygen atoms in total. The molecule has 11 heavy (non-hydrogen) atoms. The lowest BCUT2D eigenvalue weighted by Gasteiger charge is -1.95. The Balaban J connectivity index is 2.51. The van der Waals surface area contributed by atoms with Crippen LogP contribution in [-0.4, -0.2) is 22.5 Å². The number of imidazole rings is 1. The van der Waals surface area contributed by atoms with Crippen LogP contribution >= 0.6 is 0 Å². The molecule has 4 heteroatoms. The summed E-state index contributed by atoms with van der Waals surface area (Å²) >= 11 is 0. The average molecular weight is 150 g/mol. The van der Waals surface area contributed by atoms with E-state index < -0.39 is 5.97 Å². The standard InChI is InChI=1S/C7H6N2O2/c1-2-3-11-7(10)6-4-8-5-9-6/h1,4-5H,3H2,(H,8,9). The van der Waals surface area contributed by atoms with Crippen molar-refractivity contribution in [3.05, 3.63) is 18.2 Å². The summed E-state index contributed by atoms with van der Waals surface area (Å²) in [5.41, 5.74) is 0.306. The predicted octanol–water partition coefficient (Wildman–Crippen LogP) is 0.200. The van der Waals surface area contributed by atoms with Crippen LogP contribution in [0.1, 0.15) is 10.5 Å². The summed E-state index contributed by atoms with van der Waals surface area (Å²) in [5.74, 6) is 1.70. The highest BCUT2D eigenvalue weighted by Gasteiger charge is 2.05. The van der Waals surface area contributed by atoms with Crippen LogP contribution in [0.2, 0.25) is 0 Å². The Labute approximate surface area is 63.6 Å². The number of carbonyl (C=O) groups is 1. The summed E-state index contributed by atoms with van der Waals surface area (Å²) in [6.45, 7) is -0.0160. The van der Waals surface area contributed by atoms with E-state index in [1.54, 1.807) is 0 Å². The largest absolute Gasteiger partial charge is 0.448 e. The highest BCUT2D eigenvalue weighted by atomic mass is 16.5. The molecule has 0 amide bonds. The molecule has 1 aromatic heterocycles. The summed E-state index contributed by atoms with van der Waals surface area (Å²) < 4.78 is 4.59. The summed E-state index contributed by atoms with van der Waals surface area (Å²) in [6.07, 6.45) is 7.65. The number of nitrogens with one attached hydrogen (secondary N) is 1. The van der Waals surface area contributed by atoms with Gasteiger partial charge in [-0.05, 0) is 0 Å². The molecule has 0 unspecified atom stereocenters. The second kappa shape index (κ2) is 3.42. The molecule has 0 aliphatic carbocycles. The molecule has 0 atom stereocenters. The van der Waals surface area contributed by atoms with Crippen molar-refractivity contribution in [2.75, 3.05) is 6.61 Å². The van der Waals surface area contributed by atoms with Gasteiger partial charge in [-0.15, -0.1) is 6.42 Å². The van der Waals surface area contributed by atoms with E-state index in [1.807, 2.05) is 0 Å². The number of aromatic amines is 1. The maximum absolute atomic E-state index is 10.9. The molecule has 1 aromatic rings. The minimum absolute atomic E-state index is 0.0160. The van der Waals surface area contributed by atoms with E-state index in [-0.39, 0.29) is 6.61 Å². The first-order valence-electron chi connectivity index (χ1n) is 2.93. The van der Waals surface area contributed by atoms with E-state index in [9.17, 15) is 4.79 Å². The lowest BCUT2D eigenvalue weighted by Crippen LogP contribution is -2.05. The summed E-state index contributed by atoms with van der Waals surface area (Å²) in [4.78, 5) is 17.1. The van der Waals surface area contributed by atoms with Crippen LogP contribution in [0.3, 0.4) is 0 Å². The van der Waals surface area contributed by atoms with Crippen LogP contribution < -0.4 is 0 Å². The Morgan fingerprint density at radius 1 is 1.91 bits per heavy atom. The minimum Gasteiger partial charge on any atom is -0.448 e. The van der Waals surface area contributed by atoms with Crippen LogP contribution in [0.25, 0.3) is 0 Å². The highest BCUT2D eigenvalue weighted by molar-refractivity contribution is 5.86. The highest BCUT2D eigenvalue weighted by Crippen LogP contribution is 1.93. The number of rotatable bonds is 2. The van der Waals surface area contributed by atoms with Crippen LogP contribution in [-0.2, 0) is 4.74 Å². The second-order valence-electron chi connectivity index (χ2n) is 1.75. The molecular formula is C7H6N2O2. The monoisotopic (exact) mass is 150 g/mol. The van der Waals surface area contributed by atoms with E-state index >= 15 is 0 Å². The van der Waals surface area contributed by atoms with Gasteiger partial charge in [-0.1, -0.05) is 5.92 Å². The Morgan fingerprint density at radius 2 is 2.73 bits per heavy atom. The van der Waals surface area contributed by atoms with E-state index in [2.05, 4.69) is 20.6 Å². The van der Waals surface area contributed by atoms with Crippen LogP contribution in [0.5, 0.6) is 0 Å². The number of nitrogens with zero attached hydrogens (tertiary/aromatic N) is 1. The maximum atomic E-state index is 10.9. The molecule has 0 aliphatic rings. The molecule has 0 spiro atoms. The lowest BCUT2D eigenvalue weighted by atomic mass is 10.5. The molecule has 0 radical (unpaired) electrons. The molecule has 1 heterocycles. The Hall–Kier alpha value is -1.76. The number of hydrogen-bond donors (Lipinski definition) is 1. The van der Waals surface area contributed by atoms with Crippen LogP contribution in [0.15, 0.2) is 12.5 Å². The van der Waals surface area contributed by atoms with E-state index in [1.165, 1.54) is 12.5 Å². The van der Waals surface area contributed by atoms with Crippen molar-refractivity contribution in [1.29, 1.82) is 0 Å². The summed E-state index contributed by atoms with van der Waals surface area (Å²) in [5, 5.41) is 0. The van der Waals surface area contributed by atoms with Crippen molar-refractivity contribution in [3.63, 3.8) is 0 Å². The molecule has 1 rings (SSSR count). The predicted molar refractivity (Wildman–Crippen MR) is 37.7 cm³/mol. The van der Waals surface area contributed by atoms with Crippen molar-refractivity contribution in [3.8, 4) is 12.3 Å². The number of H-pyrrole nitrogens is 1. The van der Waals surface area contributed by atoms with Gasteiger partial charge in [0.15, 0.2) is 6.61 Å². The molecule has 0 aromatic carbocycles. The first-order chi connectivity index (χ1) is 5.34. The van der Waals surface area contributed by atoms with Crippen LogP contribution in [0.4, 0.5) is 0 Å².